The maximum absolute atomic E-state index is 9.94. The fourth-order valence-electron chi connectivity index (χ4n) is 4.08. The van der Waals surface area contributed by atoms with Crippen LogP contribution >= 0.6 is 0 Å². The van der Waals surface area contributed by atoms with Crippen molar-refractivity contribution in [1.82, 2.24) is 0 Å². The molecule has 1 aliphatic rings. The first-order valence-corrected chi connectivity index (χ1v) is 8.28. The molecule has 0 fully saturated rings. The van der Waals surface area contributed by atoms with Gasteiger partial charge in [-0.15, -0.1) is 0 Å². The SMILES string of the molecule is CCCC1(CCC)c2cc(O)ccc2C[C@H](OCC)[C@H]1N. The zero-order valence-corrected chi connectivity index (χ0v) is 13.6. The van der Waals surface area contributed by atoms with Gasteiger partial charge in [-0.05, 0) is 43.0 Å². The van der Waals surface area contributed by atoms with E-state index in [9.17, 15) is 5.11 Å². The Morgan fingerprint density at radius 3 is 2.48 bits per heavy atom. The number of benzene rings is 1. The van der Waals surface area contributed by atoms with Crippen molar-refractivity contribution in [2.45, 2.75) is 70.4 Å². The van der Waals surface area contributed by atoms with Crippen LogP contribution in [0.2, 0.25) is 0 Å². The summed E-state index contributed by atoms with van der Waals surface area (Å²) in [5.41, 5.74) is 9.13. The van der Waals surface area contributed by atoms with E-state index in [0.29, 0.717) is 12.4 Å². The predicted octanol–water partition coefficient (Wildman–Crippen LogP) is 3.52. The standard InChI is InChI=1S/C18H29NO2/c1-4-9-18(10-5-2)15-12-14(20)8-7-13(15)11-16(17(18)19)21-6-3/h7-8,12,16-17,20H,4-6,9-11,19H2,1-3H3/t16-,17+/m0/s1. The van der Waals surface area contributed by atoms with Crippen molar-refractivity contribution in [1.29, 1.82) is 0 Å². The van der Waals surface area contributed by atoms with Gasteiger partial charge in [-0.1, -0.05) is 32.8 Å². The minimum Gasteiger partial charge on any atom is -0.508 e. The molecule has 0 saturated heterocycles. The highest BCUT2D eigenvalue weighted by Crippen LogP contribution is 2.45. The smallest absolute Gasteiger partial charge is 0.115 e. The molecular formula is C18H29NO2. The zero-order chi connectivity index (χ0) is 15.5. The molecule has 3 nitrogen and oxygen atoms in total. The van der Waals surface area contributed by atoms with Gasteiger partial charge in [-0.25, -0.2) is 0 Å². The van der Waals surface area contributed by atoms with Crippen LogP contribution in [0.3, 0.4) is 0 Å². The maximum atomic E-state index is 9.94. The number of hydrogen-bond acceptors (Lipinski definition) is 3. The molecule has 3 heteroatoms. The number of nitrogens with two attached hydrogens (primary N) is 1. The lowest BCUT2D eigenvalue weighted by Gasteiger charge is -2.48. The van der Waals surface area contributed by atoms with Crippen LogP contribution in [0, 0.1) is 0 Å². The van der Waals surface area contributed by atoms with E-state index in [1.54, 1.807) is 6.07 Å². The van der Waals surface area contributed by atoms with Gasteiger partial charge in [0.1, 0.15) is 5.75 Å². The second-order valence-corrected chi connectivity index (χ2v) is 6.22. The van der Waals surface area contributed by atoms with Crippen molar-refractivity contribution in [3.8, 4) is 5.75 Å². The van der Waals surface area contributed by atoms with E-state index in [1.165, 1.54) is 11.1 Å². The highest BCUT2D eigenvalue weighted by Gasteiger charge is 2.46. The maximum Gasteiger partial charge on any atom is 0.115 e. The summed E-state index contributed by atoms with van der Waals surface area (Å²) in [4.78, 5) is 0. The first-order valence-electron chi connectivity index (χ1n) is 8.28. The topological polar surface area (TPSA) is 55.5 Å². The third-order valence-corrected chi connectivity index (χ3v) is 4.86. The highest BCUT2D eigenvalue weighted by atomic mass is 16.5. The van der Waals surface area contributed by atoms with Gasteiger partial charge in [-0.2, -0.15) is 0 Å². The van der Waals surface area contributed by atoms with Crippen LogP contribution in [0.15, 0.2) is 18.2 Å². The van der Waals surface area contributed by atoms with E-state index >= 15 is 0 Å². The Morgan fingerprint density at radius 1 is 1.24 bits per heavy atom. The number of phenols is 1. The van der Waals surface area contributed by atoms with Crippen molar-refractivity contribution in [2.24, 2.45) is 5.73 Å². The molecule has 1 aromatic rings. The molecule has 0 saturated carbocycles. The Bertz CT molecular complexity index is 466. The van der Waals surface area contributed by atoms with E-state index in [2.05, 4.69) is 13.8 Å². The van der Waals surface area contributed by atoms with Crippen molar-refractivity contribution < 1.29 is 9.84 Å². The number of fused-ring (bicyclic) bond motifs is 1. The molecule has 21 heavy (non-hydrogen) atoms. The molecule has 0 amide bonds. The Hall–Kier alpha value is -1.06. The summed E-state index contributed by atoms with van der Waals surface area (Å²) < 4.78 is 5.94. The Labute approximate surface area is 128 Å². The van der Waals surface area contributed by atoms with Crippen molar-refractivity contribution >= 4 is 0 Å². The summed E-state index contributed by atoms with van der Waals surface area (Å²) in [7, 11) is 0. The number of rotatable bonds is 6. The molecule has 3 N–H and O–H groups in total. The van der Waals surface area contributed by atoms with E-state index in [1.807, 2.05) is 19.1 Å². The third-order valence-electron chi connectivity index (χ3n) is 4.86. The summed E-state index contributed by atoms with van der Waals surface area (Å²) >= 11 is 0. The van der Waals surface area contributed by atoms with Gasteiger partial charge < -0.3 is 15.6 Å². The van der Waals surface area contributed by atoms with Crippen molar-refractivity contribution in [3.63, 3.8) is 0 Å². The first kappa shape index (κ1) is 16.3. The van der Waals surface area contributed by atoms with E-state index < -0.39 is 0 Å². The van der Waals surface area contributed by atoms with Gasteiger partial charge in [0.15, 0.2) is 0 Å². The molecule has 0 radical (unpaired) electrons. The van der Waals surface area contributed by atoms with Crippen molar-refractivity contribution in [3.05, 3.63) is 29.3 Å². The molecule has 1 aliphatic carbocycles. The lowest BCUT2D eigenvalue weighted by Crippen LogP contribution is -2.57. The Morgan fingerprint density at radius 2 is 1.90 bits per heavy atom. The Balaban J connectivity index is 2.54. The van der Waals surface area contributed by atoms with Gasteiger partial charge in [0.05, 0.1) is 6.10 Å². The summed E-state index contributed by atoms with van der Waals surface area (Å²) in [6, 6.07) is 5.75. The second kappa shape index (κ2) is 6.80. The average Bonchev–Trinajstić information content (AvgIpc) is 2.46. The van der Waals surface area contributed by atoms with Crippen LogP contribution in [0.5, 0.6) is 5.75 Å². The van der Waals surface area contributed by atoms with Gasteiger partial charge in [0, 0.05) is 24.5 Å². The number of hydrogen-bond donors (Lipinski definition) is 2. The zero-order valence-electron chi connectivity index (χ0n) is 13.6. The molecule has 0 aliphatic heterocycles. The first-order chi connectivity index (χ1) is 10.1. The van der Waals surface area contributed by atoms with Crippen LogP contribution in [0.1, 0.15) is 57.6 Å². The summed E-state index contributed by atoms with van der Waals surface area (Å²) in [6.07, 6.45) is 5.18. The molecule has 2 atom stereocenters. The quantitative estimate of drug-likeness (QED) is 0.843. The summed E-state index contributed by atoms with van der Waals surface area (Å²) in [6.45, 7) is 7.13. The molecule has 0 aromatic heterocycles. The lowest BCUT2D eigenvalue weighted by atomic mass is 9.61. The third kappa shape index (κ3) is 2.95. The van der Waals surface area contributed by atoms with Crippen LogP contribution in [-0.4, -0.2) is 23.9 Å². The van der Waals surface area contributed by atoms with Crippen molar-refractivity contribution in [2.75, 3.05) is 6.61 Å². The number of ether oxygens (including phenoxy) is 1. The van der Waals surface area contributed by atoms with E-state index in [-0.39, 0.29) is 17.6 Å². The van der Waals surface area contributed by atoms with Crippen LogP contribution < -0.4 is 5.73 Å². The van der Waals surface area contributed by atoms with Gasteiger partial charge in [0.25, 0.3) is 0 Å². The van der Waals surface area contributed by atoms with Gasteiger partial charge in [0.2, 0.25) is 0 Å². The fourth-order valence-corrected chi connectivity index (χ4v) is 4.08. The predicted molar refractivity (Wildman–Crippen MR) is 86.7 cm³/mol. The number of phenolic OH excluding ortho intramolecular Hbond substituents is 1. The van der Waals surface area contributed by atoms with Crippen LogP contribution in [-0.2, 0) is 16.6 Å². The molecule has 0 unspecified atom stereocenters. The average molecular weight is 291 g/mol. The van der Waals surface area contributed by atoms with E-state index in [0.717, 1.165) is 32.1 Å². The van der Waals surface area contributed by atoms with Gasteiger partial charge in [-0.3, -0.25) is 0 Å². The molecule has 118 valence electrons. The fraction of sp³-hybridized carbons (Fsp3) is 0.667. The number of aromatic hydroxyl groups is 1. The summed E-state index contributed by atoms with van der Waals surface area (Å²) in [5, 5.41) is 9.94. The molecule has 2 rings (SSSR count). The minimum atomic E-state index is -0.0738. The van der Waals surface area contributed by atoms with Crippen LogP contribution in [0.4, 0.5) is 0 Å². The second-order valence-electron chi connectivity index (χ2n) is 6.22. The normalized spacial score (nSPS) is 23.8. The molecule has 1 aromatic carbocycles. The lowest BCUT2D eigenvalue weighted by molar-refractivity contribution is 0.00962. The van der Waals surface area contributed by atoms with E-state index in [4.69, 9.17) is 10.5 Å². The highest BCUT2D eigenvalue weighted by molar-refractivity contribution is 5.44. The molecular weight excluding hydrogens is 262 g/mol. The monoisotopic (exact) mass is 291 g/mol. The Kier molecular flexibility index (Phi) is 5.28. The van der Waals surface area contributed by atoms with Crippen LogP contribution in [0.25, 0.3) is 0 Å². The molecule has 0 bridgehead atoms. The van der Waals surface area contributed by atoms with Gasteiger partial charge >= 0.3 is 0 Å². The molecule has 0 heterocycles. The molecule has 0 spiro atoms. The summed E-state index contributed by atoms with van der Waals surface area (Å²) in [5.74, 6) is 0.340. The largest absolute Gasteiger partial charge is 0.508 e. The minimum absolute atomic E-state index is 0.00773.